The molecule has 0 saturated heterocycles. The fraction of sp³-hybridized carbons (Fsp3) is 0.125. The highest BCUT2D eigenvalue weighted by Gasteiger charge is 2.24. The van der Waals surface area contributed by atoms with Gasteiger partial charge in [0.2, 0.25) is 0 Å². The van der Waals surface area contributed by atoms with Crippen LogP contribution in [0.25, 0.3) is 0 Å². The molecule has 0 aliphatic carbocycles. The Hall–Kier alpha value is -1.08. The van der Waals surface area contributed by atoms with Gasteiger partial charge in [-0.2, -0.15) is 8.42 Å². The number of thioether (sulfide) groups is 1. The predicted molar refractivity (Wildman–Crippen MR) is 58.2 cm³/mol. The first-order chi connectivity index (χ1) is 7.03. The van der Waals surface area contributed by atoms with Crippen LogP contribution in [0.2, 0.25) is 0 Å². The minimum atomic E-state index is -3.76. The highest BCUT2D eigenvalue weighted by molar-refractivity contribution is 8.14. The zero-order chi connectivity index (χ0) is 11.1. The third kappa shape index (κ3) is 1.84. The van der Waals surface area contributed by atoms with Crippen molar-refractivity contribution < 1.29 is 12.8 Å². The molecule has 1 aliphatic heterocycles. The molecule has 7 heteroatoms. The molecule has 0 unspecified atom stereocenters. The van der Waals surface area contributed by atoms with Gasteiger partial charge in [-0.3, -0.25) is 0 Å². The quantitative estimate of drug-likeness (QED) is 0.756. The van der Waals surface area contributed by atoms with Gasteiger partial charge in [-0.15, -0.1) is 4.40 Å². The molecule has 1 N–H and O–H groups in total. The second kappa shape index (κ2) is 3.49. The van der Waals surface area contributed by atoms with Crippen molar-refractivity contribution in [1.82, 2.24) is 0 Å². The van der Waals surface area contributed by atoms with Crippen molar-refractivity contribution in [2.45, 2.75) is 4.90 Å². The van der Waals surface area contributed by atoms with E-state index in [-0.39, 0.29) is 10.1 Å². The number of hydrogen-bond donors (Lipinski definition) is 1. The molecule has 0 bridgehead atoms. The summed E-state index contributed by atoms with van der Waals surface area (Å²) >= 11 is 1.18. The molecule has 1 heterocycles. The van der Waals surface area contributed by atoms with Crippen LogP contribution in [0, 0.1) is 5.82 Å². The lowest BCUT2D eigenvalue weighted by Crippen LogP contribution is -2.18. The monoisotopic (exact) mass is 246 g/mol. The van der Waals surface area contributed by atoms with Gasteiger partial charge >= 0.3 is 0 Å². The molecule has 0 saturated carbocycles. The molecule has 15 heavy (non-hydrogen) atoms. The maximum absolute atomic E-state index is 12.9. The predicted octanol–water partition coefficient (Wildman–Crippen LogP) is 1.66. The number of halogens is 1. The number of benzene rings is 1. The van der Waals surface area contributed by atoms with E-state index in [9.17, 15) is 12.8 Å². The molecule has 1 aromatic rings. The van der Waals surface area contributed by atoms with E-state index in [4.69, 9.17) is 0 Å². The van der Waals surface area contributed by atoms with E-state index in [0.717, 1.165) is 6.07 Å². The van der Waals surface area contributed by atoms with Crippen LogP contribution in [-0.4, -0.2) is 19.8 Å². The van der Waals surface area contributed by atoms with E-state index in [1.165, 1.54) is 23.9 Å². The van der Waals surface area contributed by atoms with Gasteiger partial charge < -0.3 is 5.32 Å². The Kier molecular flexibility index (Phi) is 2.43. The summed E-state index contributed by atoms with van der Waals surface area (Å²) in [6.07, 6.45) is 1.70. The van der Waals surface area contributed by atoms with Crippen molar-refractivity contribution >= 4 is 32.6 Å². The van der Waals surface area contributed by atoms with Gasteiger partial charge in [0.25, 0.3) is 10.0 Å². The number of hydrogen-bond acceptors (Lipinski definition) is 4. The molecular weight excluding hydrogens is 239 g/mol. The van der Waals surface area contributed by atoms with Crippen LogP contribution < -0.4 is 5.32 Å². The SMILES string of the molecule is CSC1=NS(=O)(=O)c2cc(F)ccc2N1. The second-order valence-corrected chi connectivity index (χ2v) is 5.21. The lowest BCUT2D eigenvalue weighted by atomic mass is 10.3. The minimum Gasteiger partial charge on any atom is -0.333 e. The minimum absolute atomic E-state index is 0.125. The van der Waals surface area contributed by atoms with Crippen molar-refractivity contribution in [2.24, 2.45) is 4.40 Å². The number of sulfonamides is 1. The molecule has 0 atom stereocenters. The summed E-state index contributed by atoms with van der Waals surface area (Å²) in [5.74, 6) is -0.595. The number of amidine groups is 1. The first-order valence-electron chi connectivity index (χ1n) is 3.98. The molecule has 2 rings (SSSR count). The van der Waals surface area contributed by atoms with Crippen LogP contribution in [0.1, 0.15) is 0 Å². The Labute approximate surface area is 90.7 Å². The standard InChI is InChI=1S/C8H7FN2O2S2/c1-14-8-10-6-3-2-5(9)4-7(6)15(12,13)11-8/h2-4H,1H3,(H,10,11). The van der Waals surface area contributed by atoms with E-state index in [0.29, 0.717) is 5.69 Å². The van der Waals surface area contributed by atoms with Crippen molar-refractivity contribution in [3.63, 3.8) is 0 Å². The molecule has 0 amide bonds. The van der Waals surface area contributed by atoms with E-state index in [1.54, 1.807) is 6.26 Å². The fourth-order valence-electron chi connectivity index (χ4n) is 1.20. The summed E-state index contributed by atoms with van der Waals surface area (Å²) in [5, 5.41) is 3.08. The molecule has 4 nitrogen and oxygen atoms in total. The van der Waals surface area contributed by atoms with Crippen LogP contribution in [-0.2, 0) is 10.0 Å². The normalized spacial score (nSPS) is 17.6. The second-order valence-electron chi connectivity index (χ2n) is 2.84. The van der Waals surface area contributed by atoms with Crippen molar-refractivity contribution in [1.29, 1.82) is 0 Å². The third-order valence-corrected chi connectivity index (χ3v) is 3.87. The molecule has 0 spiro atoms. The number of nitrogens with one attached hydrogen (secondary N) is 1. The van der Waals surface area contributed by atoms with E-state index >= 15 is 0 Å². The summed E-state index contributed by atoms with van der Waals surface area (Å²) in [4.78, 5) is -0.125. The van der Waals surface area contributed by atoms with Crippen LogP contribution in [0.3, 0.4) is 0 Å². The average molecular weight is 246 g/mol. The Morgan fingerprint density at radius 2 is 2.20 bits per heavy atom. The Morgan fingerprint density at radius 1 is 1.47 bits per heavy atom. The summed E-state index contributed by atoms with van der Waals surface area (Å²) < 4.78 is 39.5. The Morgan fingerprint density at radius 3 is 2.87 bits per heavy atom. The fourth-order valence-corrected chi connectivity index (χ4v) is 3.02. The molecule has 1 aromatic carbocycles. The first-order valence-corrected chi connectivity index (χ1v) is 6.65. The molecule has 0 aromatic heterocycles. The number of fused-ring (bicyclic) bond motifs is 1. The van der Waals surface area contributed by atoms with Gasteiger partial charge in [0.05, 0.1) is 5.69 Å². The lowest BCUT2D eigenvalue weighted by Gasteiger charge is -2.16. The molecule has 1 aliphatic rings. The van der Waals surface area contributed by atoms with E-state index in [1.807, 2.05) is 0 Å². The lowest BCUT2D eigenvalue weighted by molar-refractivity contribution is 0.592. The van der Waals surface area contributed by atoms with Crippen molar-refractivity contribution in [2.75, 3.05) is 11.6 Å². The summed E-state index contributed by atoms with van der Waals surface area (Å²) in [6, 6.07) is 3.54. The van der Waals surface area contributed by atoms with Gasteiger partial charge in [-0.25, -0.2) is 4.39 Å². The summed E-state index contributed by atoms with van der Waals surface area (Å²) in [6.45, 7) is 0. The molecule has 0 radical (unpaired) electrons. The zero-order valence-corrected chi connectivity index (χ0v) is 9.32. The smallest absolute Gasteiger partial charge is 0.286 e. The Bertz CT molecular complexity index is 540. The van der Waals surface area contributed by atoms with Gasteiger partial charge in [0.15, 0.2) is 5.17 Å². The molecule has 0 fully saturated rings. The van der Waals surface area contributed by atoms with Crippen molar-refractivity contribution in [3.05, 3.63) is 24.0 Å². The molecular formula is C8H7FN2O2S2. The first kappa shape index (κ1) is 10.4. The van der Waals surface area contributed by atoms with E-state index in [2.05, 4.69) is 9.71 Å². The summed E-state index contributed by atoms with van der Waals surface area (Å²) in [7, 11) is -3.76. The van der Waals surface area contributed by atoms with E-state index < -0.39 is 15.8 Å². The highest BCUT2D eigenvalue weighted by atomic mass is 32.2. The van der Waals surface area contributed by atoms with Crippen LogP contribution in [0.15, 0.2) is 27.5 Å². The topological polar surface area (TPSA) is 58.5 Å². The van der Waals surface area contributed by atoms with Gasteiger partial charge in [-0.1, -0.05) is 11.8 Å². The number of rotatable bonds is 0. The van der Waals surface area contributed by atoms with Gasteiger partial charge in [-0.05, 0) is 24.5 Å². The Balaban J connectivity index is 2.64. The maximum atomic E-state index is 12.9. The number of anilines is 1. The van der Waals surface area contributed by atoms with Gasteiger partial charge in [0.1, 0.15) is 10.7 Å². The van der Waals surface area contributed by atoms with Crippen LogP contribution >= 0.6 is 11.8 Å². The molecule has 80 valence electrons. The average Bonchev–Trinajstić information content (AvgIpc) is 2.18. The third-order valence-electron chi connectivity index (χ3n) is 1.86. The number of nitrogens with zero attached hydrogens (tertiary/aromatic N) is 1. The summed E-state index contributed by atoms with van der Waals surface area (Å²) in [5.41, 5.74) is 0.357. The van der Waals surface area contributed by atoms with Gasteiger partial charge in [0, 0.05) is 0 Å². The van der Waals surface area contributed by atoms with Crippen molar-refractivity contribution in [3.8, 4) is 0 Å². The largest absolute Gasteiger partial charge is 0.333 e. The maximum Gasteiger partial charge on any atom is 0.286 e. The highest BCUT2D eigenvalue weighted by Crippen LogP contribution is 2.29. The van der Waals surface area contributed by atoms with Crippen LogP contribution in [0.5, 0.6) is 0 Å². The van der Waals surface area contributed by atoms with Crippen LogP contribution in [0.4, 0.5) is 10.1 Å². The zero-order valence-electron chi connectivity index (χ0n) is 7.69.